The molecule has 0 aromatic heterocycles. The van der Waals surface area contributed by atoms with Crippen LogP contribution in [0.5, 0.6) is 11.5 Å². The van der Waals surface area contributed by atoms with Crippen molar-refractivity contribution >= 4 is 0 Å². The normalized spacial score (nSPS) is 37.0. The van der Waals surface area contributed by atoms with Gasteiger partial charge in [-0.1, -0.05) is 12.1 Å². The molecule has 0 amide bonds. The van der Waals surface area contributed by atoms with Crippen LogP contribution in [0.2, 0.25) is 0 Å². The number of benzene rings is 1. The third-order valence-electron chi connectivity index (χ3n) is 6.91. The van der Waals surface area contributed by atoms with Gasteiger partial charge in [-0.05, 0) is 56.2 Å². The van der Waals surface area contributed by atoms with Crippen molar-refractivity contribution in [3.8, 4) is 11.5 Å². The lowest BCUT2D eigenvalue weighted by Crippen LogP contribution is -2.64. The molecular weight excluding hydrogens is 286 g/mol. The van der Waals surface area contributed by atoms with Gasteiger partial charge < -0.3 is 9.47 Å². The number of hydrogen-bond donors (Lipinski definition) is 0. The van der Waals surface area contributed by atoms with Gasteiger partial charge in [0.25, 0.3) is 0 Å². The van der Waals surface area contributed by atoms with Crippen LogP contribution in [0.4, 0.5) is 0 Å². The molecule has 2 fully saturated rings. The van der Waals surface area contributed by atoms with Gasteiger partial charge in [-0.2, -0.15) is 0 Å². The third-order valence-corrected chi connectivity index (χ3v) is 6.91. The maximum atomic E-state index is 6.53. The lowest BCUT2D eigenvalue weighted by atomic mass is 9.52. The Hall–Kier alpha value is -1.48. The number of ether oxygens (including phenoxy) is 2. The topological polar surface area (TPSA) is 21.7 Å². The van der Waals surface area contributed by atoms with E-state index in [2.05, 4.69) is 29.7 Å². The van der Waals surface area contributed by atoms with E-state index in [4.69, 9.17) is 9.47 Å². The van der Waals surface area contributed by atoms with E-state index in [-0.39, 0.29) is 5.41 Å². The molecule has 23 heavy (non-hydrogen) atoms. The number of nitrogens with zero attached hydrogens (tertiary/aromatic N) is 1. The van der Waals surface area contributed by atoms with Crippen LogP contribution in [0.25, 0.3) is 0 Å². The molecule has 2 aliphatic carbocycles. The summed E-state index contributed by atoms with van der Waals surface area (Å²) in [5.41, 5.74) is 3.26. The fourth-order valence-corrected chi connectivity index (χ4v) is 6.14. The molecule has 4 unspecified atom stereocenters. The highest BCUT2D eigenvalue weighted by atomic mass is 16.5. The van der Waals surface area contributed by atoms with E-state index in [1.165, 1.54) is 43.4 Å². The van der Waals surface area contributed by atoms with Crippen LogP contribution in [-0.4, -0.2) is 37.2 Å². The summed E-state index contributed by atoms with van der Waals surface area (Å²) >= 11 is 0. The molecule has 2 bridgehead atoms. The minimum atomic E-state index is 0.248. The molecule has 0 radical (unpaired) electrons. The molecule has 0 N–H and O–H groups in total. The van der Waals surface area contributed by atoms with Gasteiger partial charge in [0, 0.05) is 23.6 Å². The number of likely N-dealkylation sites (tertiary alicyclic amines) is 1. The smallest absolute Gasteiger partial charge is 0.165 e. The molecule has 2 aliphatic heterocycles. The van der Waals surface area contributed by atoms with E-state index in [1.807, 2.05) is 0 Å². The number of methoxy groups -OCH3 is 1. The molecule has 1 aromatic rings. The van der Waals surface area contributed by atoms with Gasteiger partial charge in [-0.25, -0.2) is 0 Å². The van der Waals surface area contributed by atoms with Crippen molar-refractivity contribution in [1.82, 2.24) is 4.90 Å². The average Bonchev–Trinajstić information content (AvgIpc) is 2.91. The molecule has 4 atom stereocenters. The van der Waals surface area contributed by atoms with Gasteiger partial charge in [0.1, 0.15) is 6.10 Å². The first kappa shape index (κ1) is 13.9. The molecule has 1 aromatic carbocycles. The van der Waals surface area contributed by atoms with Crippen molar-refractivity contribution in [3.05, 3.63) is 35.9 Å². The summed E-state index contributed by atoms with van der Waals surface area (Å²) in [4.78, 5) is 2.66. The zero-order valence-corrected chi connectivity index (χ0v) is 13.9. The van der Waals surface area contributed by atoms with E-state index < -0.39 is 0 Å². The first-order valence-corrected chi connectivity index (χ1v) is 9.01. The van der Waals surface area contributed by atoms with E-state index >= 15 is 0 Å². The standard InChI is InChI=1S/C20H25NO2/c1-3-10-21-11-9-20-14-5-4-6-17(20)23-19-16(22-2)8-7-13(18(19)20)12-15(14)21/h3,7-8,14-15,17H,1,4-6,9-12H2,2H3. The summed E-state index contributed by atoms with van der Waals surface area (Å²) in [5.74, 6) is 2.73. The molecule has 1 saturated heterocycles. The number of rotatable bonds is 3. The molecule has 122 valence electrons. The molecule has 3 nitrogen and oxygen atoms in total. The Balaban J connectivity index is 1.71. The Bertz CT molecular complexity index is 670. The quantitative estimate of drug-likeness (QED) is 0.800. The van der Waals surface area contributed by atoms with Crippen molar-refractivity contribution in [1.29, 1.82) is 0 Å². The summed E-state index contributed by atoms with van der Waals surface area (Å²) in [6, 6.07) is 5.05. The molecule has 1 spiro atoms. The van der Waals surface area contributed by atoms with Gasteiger partial charge in [0.2, 0.25) is 0 Å². The molecule has 3 heteroatoms. The Morgan fingerprint density at radius 3 is 3.17 bits per heavy atom. The second-order valence-corrected chi connectivity index (χ2v) is 7.62. The lowest BCUT2D eigenvalue weighted by Gasteiger charge is -2.58. The van der Waals surface area contributed by atoms with Crippen molar-refractivity contribution in [3.63, 3.8) is 0 Å². The fraction of sp³-hybridized carbons (Fsp3) is 0.600. The Labute approximate surface area is 138 Å². The van der Waals surface area contributed by atoms with Gasteiger partial charge in [0.15, 0.2) is 11.5 Å². The van der Waals surface area contributed by atoms with Crippen LogP contribution in [0.3, 0.4) is 0 Å². The lowest BCUT2D eigenvalue weighted by molar-refractivity contribution is -0.0477. The highest BCUT2D eigenvalue weighted by molar-refractivity contribution is 5.60. The van der Waals surface area contributed by atoms with Crippen molar-refractivity contribution < 1.29 is 9.47 Å². The third kappa shape index (κ3) is 1.59. The first-order chi connectivity index (χ1) is 11.3. The minimum absolute atomic E-state index is 0.248. The van der Waals surface area contributed by atoms with E-state index in [0.717, 1.165) is 30.4 Å². The van der Waals surface area contributed by atoms with Gasteiger partial charge >= 0.3 is 0 Å². The van der Waals surface area contributed by atoms with Crippen LogP contribution in [-0.2, 0) is 11.8 Å². The van der Waals surface area contributed by atoms with Crippen LogP contribution in [0, 0.1) is 5.92 Å². The molecule has 2 heterocycles. The van der Waals surface area contributed by atoms with Crippen LogP contribution < -0.4 is 9.47 Å². The number of piperidine rings is 1. The summed E-state index contributed by atoms with van der Waals surface area (Å²) < 4.78 is 12.2. The van der Waals surface area contributed by atoms with Crippen LogP contribution in [0.15, 0.2) is 24.8 Å². The molecular formula is C20H25NO2. The number of hydrogen-bond acceptors (Lipinski definition) is 3. The zero-order valence-electron chi connectivity index (χ0n) is 13.9. The highest BCUT2D eigenvalue weighted by Crippen LogP contribution is 2.63. The van der Waals surface area contributed by atoms with Crippen molar-refractivity contribution in [2.75, 3.05) is 20.2 Å². The second kappa shape index (κ2) is 4.76. The molecule has 5 rings (SSSR count). The Kier molecular flexibility index (Phi) is 2.88. The van der Waals surface area contributed by atoms with E-state index in [9.17, 15) is 0 Å². The zero-order chi connectivity index (χ0) is 15.6. The first-order valence-electron chi connectivity index (χ1n) is 9.01. The molecule has 4 aliphatic rings. The van der Waals surface area contributed by atoms with Gasteiger partial charge in [-0.3, -0.25) is 4.90 Å². The second-order valence-electron chi connectivity index (χ2n) is 7.62. The Morgan fingerprint density at radius 1 is 1.43 bits per heavy atom. The maximum Gasteiger partial charge on any atom is 0.165 e. The van der Waals surface area contributed by atoms with E-state index in [0.29, 0.717) is 12.1 Å². The summed E-state index contributed by atoms with van der Waals surface area (Å²) in [7, 11) is 1.76. The van der Waals surface area contributed by atoms with E-state index in [1.54, 1.807) is 7.11 Å². The van der Waals surface area contributed by atoms with Gasteiger partial charge in [0.05, 0.1) is 7.11 Å². The predicted octanol–water partition coefficient (Wildman–Crippen LogP) is 3.31. The predicted molar refractivity (Wildman–Crippen MR) is 90.3 cm³/mol. The molecule has 1 saturated carbocycles. The minimum Gasteiger partial charge on any atom is -0.493 e. The SMILES string of the molecule is C=CCN1CCC23c4c5ccc(OC)c4OC2CCCC3C1C5. The van der Waals surface area contributed by atoms with Crippen LogP contribution in [0.1, 0.15) is 36.8 Å². The summed E-state index contributed by atoms with van der Waals surface area (Å²) in [6.45, 7) is 6.16. The largest absolute Gasteiger partial charge is 0.493 e. The highest BCUT2D eigenvalue weighted by Gasteiger charge is 2.63. The fourth-order valence-electron chi connectivity index (χ4n) is 6.14. The average molecular weight is 311 g/mol. The summed E-state index contributed by atoms with van der Waals surface area (Å²) in [5, 5.41) is 0. The van der Waals surface area contributed by atoms with Crippen LogP contribution >= 0.6 is 0 Å². The van der Waals surface area contributed by atoms with Gasteiger partial charge in [-0.15, -0.1) is 6.58 Å². The maximum absolute atomic E-state index is 6.53. The van der Waals surface area contributed by atoms with Crippen molar-refractivity contribution in [2.45, 2.75) is 49.7 Å². The monoisotopic (exact) mass is 311 g/mol. The van der Waals surface area contributed by atoms with Crippen molar-refractivity contribution in [2.24, 2.45) is 5.92 Å². The summed E-state index contributed by atoms with van der Waals surface area (Å²) in [6.07, 6.45) is 8.64. The Morgan fingerprint density at radius 2 is 2.35 bits per heavy atom.